The van der Waals surface area contributed by atoms with Crippen LogP contribution in [-0.4, -0.2) is 12.6 Å². The van der Waals surface area contributed by atoms with E-state index in [2.05, 4.69) is 26.1 Å². The molecular weight excluding hydrogens is 182 g/mol. The summed E-state index contributed by atoms with van der Waals surface area (Å²) >= 11 is 0. The van der Waals surface area contributed by atoms with Crippen LogP contribution in [0.1, 0.15) is 65.7 Å². The first-order valence-corrected chi connectivity index (χ1v) is 6.73. The molecule has 0 radical (unpaired) electrons. The predicted octanol–water partition coefficient (Wildman–Crippen LogP) is 3.74. The van der Waals surface area contributed by atoms with Crippen molar-refractivity contribution in [3.8, 4) is 0 Å². The molecule has 0 aromatic carbocycles. The highest BCUT2D eigenvalue weighted by Crippen LogP contribution is 2.46. The summed E-state index contributed by atoms with van der Waals surface area (Å²) in [5.41, 5.74) is 1.21. The summed E-state index contributed by atoms with van der Waals surface area (Å²) in [5, 5.41) is 3.74. The van der Waals surface area contributed by atoms with Crippen molar-refractivity contribution >= 4 is 0 Å². The molecule has 0 amide bonds. The van der Waals surface area contributed by atoms with Crippen LogP contribution in [0.25, 0.3) is 0 Å². The van der Waals surface area contributed by atoms with Gasteiger partial charge >= 0.3 is 0 Å². The lowest BCUT2D eigenvalue weighted by Gasteiger charge is -2.44. The van der Waals surface area contributed by atoms with E-state index < -0.39 is 0 Å². The van der Waals surface area contributed by atoms with Crippen LogP contribution in [0.15, 0.2) is 0 Å². The number of rotatable bonds is 5. The van der Waals surface area contributed by atoms with Crippen LogP contribution in [-0.2, 0) is 0 Å². The zero-order valence-corrected chi connectivity index (χ0v) is 10.7. The van der Waals surface area contributed by atoms with Crippen LogP contribution in [0, 0.1) is 10.8 Å². The summed E-state index contributed by atoms with van der Waals surface area (Å²) in [6, 6.07) is 0.886. The van der Waals surface area contributed by atoms with E-state index in [0.717, 1.165) is 6.04 Å². The van der Waals surface area contributed by atoms with Gasteiger partial charge in [-0.2, -0.15) is 0 Å². The Balaban J connectivity index is 1.74. The molecule has 2 rings (SSSR count). The van der Waals surface area contributed by atoms with Gasteiger partial charge in [0.25, 0.3) is 0 Å². The van der Waals surface area contributed by atoms with Crippen molar-refractivity contribution in [1.82, 2.24) is 5.32 Å². The zero-order chi connectivity index (χ0) is 10.9. The van der Waals surface area contributed by atoms with Crippen LogP contribution in [0.4, 0.5) is 0 Å². The van der Waals surface area contributed by atoms with Gasteiger partial charge in [0, 0.05) is 12.6 Å². The van der Waals surface area contributed by atoms with Gasteiger partial charge in [0.2, 0.25) is 0 Å². The molecule has 0 spiro atoms. The third-order valence-corrected chi connectivity index (χ3v) is 4.16. The first-order valence-electron chi connectivity index (χ1n) is 6.73. The van der Waals surface area contributed by atoms with Crippen molar-refractivity contribution in [2.45, 2.75) is 71.8 Å². The highest BCUT2D eigenvalue weighted by Gasteiger charge is 2.38. The maximum absolute atomic E-state index is 3.74. The van der Waals surface area contributed by atoms with Gasteiger partial charge in [0.05, 0.1) is 0 Å². The molecule has 2 saturated carbocycles. The SMILES string of the molecule is CC(C)(C)CCC1(CNC2CC2)CCC1. The van der Waals surface area contributed by atoms with Gasteiger partial charge in [-0.3, -0.25) is 0 Å². The normalized spacial score (nSPS) is 25.0. The molecule has 88 valence electrons. The van der Waals surface area contributed by atoms with Gasteiger partial charge in [-0.1, -0.05) is 27.2 Å². The van der Waals surface area contributed by atoms with Gasteiger partial charge in [0.15, 0.2) is 0 Å². The molecule has 0 heterocycles. The van der Waals surface area contributed by atoms with E-state index in [1.165, 1.54) is 51.5 Å². The lowest BCUT2D eigenvalue weighted by molar-refractivity contribution is 0.0970. The van der Waals surface area contributed by atoms with E-state index in [1.54, 1.807) is 0 Å². The molecule has 1 nitrogen and oxygen atoms in total. The molecule has 0 saturated heterocycles. The van der Waals surface area contributed by atoms with Crippen LogP contribution in [0.3, 0.4) is 0 Å². The first kappa shape index (κ1) is 11.4. The second-order valence-electron chi connectivity index (χ2n) is 7.07. The first-order chi connectivity index (χ1) is 6.99. The minimum Gasteiger partial charge on any atom is -0.313 e. The quantitative estimate of drug-likeness (QED) is 0.727. The Hall–Kier alpha value is -0.0400. The fourth-order valence-electron chi connectivity index (χ4n) is 2.48. The fourth-order valence-corrected chi connectivity index (χ4v) is 2.48. The standard InChI is InChI=1S/C14H27N/c1-13(2,3)9-10-14(7-4-8-14)11-15-12-5-6-12/h12,15H,4-11H2,1-3H3. The number of nitrogens with one attached hydrogen (secondary N) is 1. The molecule has 0 aromatic rings. The summed E-state index contributed by atoms with van der Waals surface area (Å²) in [4.78, 5) is 0. The summed E-state index contributed by atoms with van der Waals surface area (Å²) in [5.74, 6) is 0. The maximum Gasteiger partial charge on any atom is 0.00684 e. The van der Waals surface area contributed by atoms with Gasteiger partial charge in [0.1, 0.15) is 0 Å². The maximum atomic E-state index is 3.74. The summed E-state index contributed by atoms with van der Waals surface area (Å²) < 4.78 is 0. The molecule has 1 N–H and O–H groups in total. The smallest absolute Gasteiger partial charge is 0.00684 e. The van der Waals surface area contributed by atoms with E-state index in [4.69, 9.17) is 0 Å². The van der Waals surface area contributed by atoms with Crippen LogP contribution in [0.5, 0.6) is 0 Å². The highest BCUT2D eigenvalue weighted by atomic mass is 15.0. The molecule has 0 aliphatic heterocycles. The second-order valence-corrected chi connectivity index (χ2v) is 7.07. The lowest BCUT2D eigenvalue weighted by Crippen LogP contribution is -2.41. The van der Waals surface area contributed by atoms with E-state index in [1.807, 2.05) is 0 Å². The summed E-state index contributed by atoms with van der Waals surface area (Å²) in [7, 11) is 0. The molecule has 0 bridgehead atoms. The topological polar surface area (TPSA) is 12.0 Å². The Labute approximate surface area is 95.0 Å². The molecule has 0 unspecified atom stereocenters. The minimum absolute atomic E-state index is 0.516. The third kappa shape index (κ3) is 3.48. The molecule has 2 aliphatic carbocycles. The van der Waals surface area contributed by atoms with Gasteiger partial charge in [-0.15, -0.1) is 0 Å². The average Bonchev–Trinajstić information content (AvgIpc) is 2.83. The monoisotopic (exact) mass is 209 g/mol. The number of hydrogen-bond acceptors (Lipinski definition) is 1. The van der Waals surface area contributed by atoms with Gasteiger partial charge in [-0.25, -0.2) is 0 Å². The lowest BCUT2D eigenvalue weighted by atomic mass is 9.64. The largest absolute Gasteiger partial charge is 0.313 e. The van der Waals surface area contributed by atoms with Gasteiger partial charge < -0.3 is 5.32 Å². The molecule has 2 fully saturated rings. The number of hydrogen-bond donors (Lipinski definition) is 1. The molecule has 1 heteroatoms. The minimum atomic E-state index is 0.516. The van der Waals surface area contributed by atoms with E-state index in [-0.39, 0.29) is 0 Å². The van der Waals surface area contributed by atoms with Crippen LogP contribution in [0.2, 0.25) is 0 Å². The van der Waals surface area contributed by atoms with Crippen molar-refractivity contribution in [1.29, 1.82) is 0 Å². The molecule has 0 atom stereocenters. The van der Waals surface area contributed by atoms with Crippen molar-refractivity contribution in [2.75, 3.05) is 6.54 Å². The van der Waals surface area contributed by atoms with Gasteiger partial charge in [-0.05, 0) is 49.4 Å². The Morgan fingerprint density at radius 3 is 2.27 bits per heavy atom. The Bertz CT molecular complexity index is 206. The van der Waals surface area contributed by atoms with E-state index in [9.17, 15) is 0 Å². The van der Waals surface area contributed by atoms with Crippen molar-refractivity contribution < 1.29 is 0 Å². The highest BCUT2D eigenvalue weighted by molar-refractivity contribution is 4.93. The molecular formula is C14H27N. The van der Waals surface area contributed by atoms with Crippen molar-refractivity contribution in [3.05, 3.63) is 0 Å². The Kier molecular flexibility index (Phi) is 3.12. The van der Waals surface area contributed by atoms with Crippen LogP contribution >= 0.6 is 0 Å². The van der Waals surface area contributed by atoms with Crippen molar-refractivity contribution in [2.24, 2.45) is 10.8 Å². The van der Waals surface area contributed by atoms with E-state index in [0.29, 0.717) is 10.8 Å². The fraction of sp³-hybridized carbons (Fsp3) is 1.00. The Morgan fingerprint density at radius 2 is 1.87 bits per heavy atom. The zero-order valence-electron chi connectivity index (χ0n) is 10.7. The van der Waals surface area contributed by atoms with E-state index >= 15 is 0 Å². The van der Waals surface area contributed by atoms with Crippen molar-refractivity contribution in [3.63, 3.8) is 0 Å². The third-order valence-electron chi connectivity index (χ3n) is 4.16. The molecule has 2 aliphatic rings. The average molecular weight is 209 g/mol. The van der Waals surface area contributed by atoms with Crippen LogP contribution < -0.4 is 5.32 Å². The predicted molar refractivity (Wildman–Crippen MR) is 66.0 cm³/mol. The molecule has 0 aromatic heterocycles. The summed E-state index contributed by atoms with van der Waals surface area (Å²) in [6.07, 6.45) is 10.1. The molecule has 15 heavy (non-hydrogen) atoms. The second kappa shape index (κ2) is 4.08. The summed E-state index contributed by atoms with van der Waals surface area (Å²) in [6.45, 7) is 8.41. The Morgan fingerprint density at radius 1 is 1.20 bits per heavy atom.